The highest BCUT2D eigenvalue weighted by Gasteiger charge is 2.12. The molecule has 1 atom stereocenters. The van der Waals surface area contributed by atoms with Gasteiger partial charge in [0.1, 0.15) is 12.2 Å². The van der Waals surface area contributed by atoms with Gasteiger partial charge in [-0.2, -0.15) is 5.10 Å². The summed E-state index contributed by atoms with van der Waals surface area (Å²) in [7, 11) is 1.95. The number of rotatable bonds is 7. The number of hydrogen-bond acceptors (Lipinski definition) is 4. The van der Waals surface area contributed by atoms with Crippen LogP contribution in [-0.2, 0) is 13.6 Å². The number of nitrogens with zero attached hydrogens (tertiary/aromatic N) is 5. The molecule has 0 amide bonds. The second-order valence-electron chi connectivity index (χ2n) is 5.16. The van der Waals surface area contributed by atoms with E-state index in [-0.39, 0.29) is 6.04 Å². The lowest BCUT2D eigenvalue weighted by Crippen LogP contribution is -2.21. The Bertz CT molecular complexity index is 525. The lowest BCUT2D eigenvalue weighted by molar-refractivity contribution is 0.422. The summed E-state index contributed by atoms with van der Waals surface area (Å²) in [6.07, 6.45) is 6.01. The van der Waals surface area contributed by atoms with E-state index in [1.165, 1.54) is 0 Å². The van der Waals surface area contributed by atoms with Gasteiger partial charge in [-0.3, -0.25) is 4.68 Å². The van der Waals surface area contributed by atoms with E-state index in [1.54, 1.807) is 6.33 Å². The molecule has 1 unspecified atom stereocenters. The molecule has 1 N–H and O–H groups in total. The third-order valence-electron chi connectivity index (χ3n) is 3.70. The van der Waals surface area contributed by atoms with Crippen molar-refractivity contribution in [3.63, 3.8) is 0 Å². The molecular weight excluding hydrogens is 252 g/mol. The zero-order valence-corrected chi connectivity index (χ0v) is 12.7. The van der Waals surface area contributed by atoms with Crippen LogP contribution in [0.5, 0.6) is 0 Å². The minimum absolute atomic E-state index is 0.154. The van der Waals surface area contributed by atoms with Crippen molar-refractivity contribution in [2.75, 3.05) is 0 Å². The van der Waals surface area contributed by atoms with Gasteiger partial charge in [-0.05, 0) is 25.8 Å². The minimum atomic E-state index is 0.154. The SMILES string of the molecule is CCC(CC)n1ccc(CNC(C)c2nncn2C)n1. The molecule has 0 spiro atoms. The van der Waals surface area contributed by atoms with E-state index in [0.717, 1.165) is 30.9 Å². The molecule has 2 aromatic heterocycles. The Morgan fingerprint density at radius 1 is 1.30 bits per heavy atom. The van der Waals surface area contributed by atoms with E-state index in [2.05, 4.69) is 58.3 Å². The Kier molecular flexibility index (Phi) is 4.89. The van der Waals surface area contributed by atoms with E-state index < -0.39 is 0 Å². The predicted octanol–water partition coefficient (Wildman–Crippen LogP) is 2.22. The van der Waals surface area contributed by atoms with Gasteiger partial charge in [-0.15, -0.1) is 10.2 Å². The van der Waals surface area contributed by atoms with Gasteiger partial charge in [0.25, 0.3) is 0 Å². The van der Waals surface area contributed by atoms with Crippen LogP contribution >= 0.6 is 0 Å². The molecule has 0 radical (unpaired) electrons. The Hall–Kier alpha value is -1.69. The Morgan fingerprint density at radius 3 is 2.65 bits per heavy atom. The second-order valence-corrected chi connectivity index (χ2v) is 5.16. The molecule has 2 rings (SSSR count). The summed E-state index contributed by atoms with van der Waals surface area (Å²) in [5.74, 6) is 0.935. The van der Waals surface area contributed by atoms with Crippen molar-refractivity contribution in [3.05, 3.63) is 30.1 Å². The van der Waals surface area contributed by atoms with Gasteiger partial charge in [0.2, 0.25) is 0 Å². The molecule has 0 aromatic carbocycles. The highest BCUT2D eigenvalue weighted by molar-refractivity contribution is 5.01. The summed E-state index contributed by atoms with van der Waals surface area (Å²) in [5.41, 5.74) is 1.06. The van der Waals surface area contributed by atoms with E-state index in [0.29, 0.717) is 6.04 Å². The van der Waals surface area contributed by atoms with Crippen LogP contribution in [0.25, 0.3) is 0 Å². The summed E-state index contributed by atoms with van der Waals surface area (Å²) < 4.78 is 4.00. The quantitative estimate of drug-likeness (QED) is 0.842. The van der Waals surface area contributed by atoms with Crippen LogP contribution in [0.2, 0.25) is 0 Å². The van der Waals surface area contributed by atoms with Crippen molar-refractivity contribution >= 4 is 0 Å². The molecule has 2 heterocycles. The van der Waals surface area contributed by atoms with E-state index in [4.69, 9.17) is 0 Å². The van der Waals surface area contributed by atoms with Gasteiger partial charge in [0.05, 0.1) is 17.8 Å². The fraction of sp³-hybridized carbons (Fsp3) is 0.643. The molecule has 0 saturated carbocycles. The zero-order chi connectivity index (χ0) is 14.5. The first-order valence-corrected chi connectivity index (χ1v) is 7.27. The van der Waals surface area contributed by atoms with Crippen LogP contribution in [-0.4, -0.2) is 24.5 Å². The standard InChI is InChI=1S/C14H24N6/c1-5-13(6-2)20-8-7-12(18-20)9-15-11(3)14-17-16-10-19(14)4/h7-8,10-11,13,15H,5-6,9H2,1-4H3. The predicted molar refractivity (Wildman–Crippen MR) is 78.1 cm³/mol. The summed E-state index contributed by atoms with van der Waals surface area (Å²) in [4.78, 5) is 0. The normalized spacial score (nSPS) is 13.1. The lowest BCUT2D eigenvalue weighted by Gasteiger charge is -2.13. The Morgan fingerprint density at radius 2 is 2.05 bits per heavy atom. The van der Waals surface area contributed by atoms with E-state index >= 15 is 0 Å². The van der Waals surface area contributed by atoms with Crippen LogP contribution in [0.3, 0.4) is 0 Å². The number of hydrogen-bond donors (Lipinski definition) is 1. The highest BCUT2D eigenvalue weighted by Crippen LogP contribution is 2.15. The molecule has 6 nitrogen and oxygen atoms in total. The molecule has 0 saturated heterocycles. The average molecular weight is 276 g/mol. The van der Waals surface area contributed by atoms with Crippen molar-refractivity contribution < 1.29 is 0 Å². The smallest absolute Gasteiger partial charge is 0.149 e. The third-order valence-corrected chi connectivity index (χ3v) is 3.70. The number of aromatic nitrogens is 5. The van der Waals surface area contributed by atoms with Crippen LogP contribution in [0.4, 0.5) is 0 Å². The minimum Gasteiger partial charge on any atom is -0.319 e. The fourth-order valence-electron chi connectivity index (χ4n) is 2.37. The van der Waals surface area contributed by atoms with Crippen LogP contribution in [0, 0.1) is 0 Å². The van der Waals surface area contributed by atoms with Crippen LogP contribution < -0.4 is 5.32 Å². The Labute approximate surface area is 120 Å². The van der Waals surface area contributed by atoms with E-state index in [1.807, 2.05) is 11.6 Å². The lowest BCUT2D eigenvalue weighted by atomic mass is 10.2. The molecule has 0 aliphatic rings. The summed E-state index contributed by atoms with van der Waals surface area (Å²) in [5, 5.41) is 16.1. The molecule has 0 fully saturated rings. The van der Waals surface area contributed by atoms with E-state index in [9.17, 15) is 0 Å². The average Bonchev–Trinajstić information content (AvgIpc) is 3.07. The van der Waals surface area contributed by atoms with Crippen molar-refractivity contribution in [2.45, 2.75) is 52.2 Å². The maximum Gasteiger partial charge on any atom is 0.149 e. The van der Waals surface area contributed by atoms with Crippen LogP contribution in [0.1, 0.15) is 57.2 Å². The van der Waals surface area contributed by atoms with Gasteiger partial charge < -0.3 is 9.88 Å². The number of aryl methyl sites for hydroxylation is 1. The van der Waals surface area contributed by atoms with Gasteiger partial charge >= 0.3 is 0 Å². The van der Waals surface area contributed by atoms with Gasteiger partial charge in [-0.25, -0.2) is 0 Å². The van der Waals surface area contributed by atoms with Crippen LogP contribution in [0.15, 0.2) is 18.6 Å². The summed E-state index contributed by atoms with van der Waals surface area (Å²) >= 11 is 0. The molecule has 20 heavy (non-hydrogen) atoms. The van der Waals surface area contributed by atoms with Crippen molar-refractivity contribution in [2.24, 2.45) is 7.05 Å². The molecule has 0 aliphatic heterocycles. The monoisotopic (exact) mass is 276 g/mol. The first kappa shape index (κ1) is 14.7. The molecule has 0 aliphatic carbocycles. The second kappa shape index (κ2) is 6.65. The zero-order valence-electron chi connectivity index (χ0n) is 12.7. The Balaban J connectivity index is 1.93. The maximum atomic E-state index is 4.64. The van der Waals surface area contributed by atoms with Crippen molar-refractivity contribution in [3.8, 4) is 0 Å². The van der Waals surface area contributed by atoms with Gasteiger partial charge in [0.15, 0.2) is 0 Å². The van der Waals surface area contributed by atoms with Gasteiger partial charge in [-0.1, -0.05) is 13.8 Å². The molecule has 110 valence electrons. The van der Waals surface area contributed by atoms with Gasteiger partial charge in [0, 0.05) is 19.8 Å². The largest absolute Gasteiger partial charge is 0.319 e. The molecular formula is C14H24N6. The molecule has 6 heteroatoms. The van der Waals surface area contributed by atoms with Crippen molar-refractivity contribution in [1.29, 1.82) is 0 Å². The summed E-state index contributed by atoms with van der Waals surface area (Å²) in [6.45, 7) is 7.22. The molecule has 0 bridgehead atoms. The maximum absolute atomic E-state index is 4.64. The fourth-order valence-corrected chi connectivity index (χ4v) is 2.37. The van der Waals surface area contributed by atoms with Crippen molar-refractivity contribution in [1.82, 2.24) is 29.9 Å². The molecule has 2 aromatic rings. The summed E-state index contributed by atoms with van der Waals surface area (Å²) in [6, 6.07) is 2.73. The highest BCUT2D eigenvalue weighted by atomic mass is 15.3. The first-order chi connectivity index (χ1) is 9.65. The topological polar surface area (TPSA) is 60.6 Å². The first-order valence-electron chi connectivity index (χ1n) is 7.27. The third kappa shape index (κ3) is 3.25. The number of nitrogens with one attached hydrogen (secondary N) is 1.